The van der Waals surface area contributed by atoms with Crippen molar-refractivity contribution in [1.82, 2.24) is 19.7 Å². The molecule has 2 rings (SSSR count). The number of aromatic amines is 1. The second-order valence-electron chi connectivity index (χ2n) is 6.09. The van der Waals surface area contributed by atoms with E-state index in [-0.39, 0.29) is 11.8 Å². The van der Waals surface area contributed by atoms with Crippen LogP contribution < -0.4 is 0 Å². The Bertz CT molecular complexity index is 760. The summed E-state index contributed by atoms with van der Waals surface area (Å²) in [7, 11) is 5.08. The third-order valence-electron chi connectivity index (χ3n) is 4.30. The normalized spacial score (nSPS) is 12.5. The number of nitrogens with zero attached hydrogens (tertiary/aromatic N) is 3. The van der Waals surface area contributed by atoms with Crippen molar-refractivity contribution < 1.29 is 14.3 Å². The zero-order chi connectivity index (χ0) is 18.0. The molecule has 1 atom stereocenters. The minimum Gasteiger partial charge on any atom is -0.465 e. The largest absolute Gasteiger partial charge is 0.465 e. The van der Waals surface area contributed by atoms with Gasteiger partial charge in [0.25, 0.3) is 0 Å². The summed E-state index contributed by atoms with van der Waals surface area (Å²) in [5, 5.41) is 4.14. The van der Waals surface area contributed by atoms with E-state index in [1.165, 1.54) is 7.11 Å². The molecule has 0 aliphatic heterocycles. The summed E-state index contributed by atoms with van der Waals surface area (Å²) in [6.07, 6.45) is 3.71. The Morgan fingerprint density at radius 3 is 2.62 bits per heavy atom. The van der Waals surface area contributed by atoms with Crippen LogP contribution >= 0.6 is 0 Å². The fourth-order valence-electron chi connectivity index (χ4n) is 2.79. The molecule has 0 saturated carbocycles. The van der Waals surface area contributed by atoms with E-state index in [1.54, 1.807) is 24.7 Å². The van der Waals surface area contributed by atoms with E-state index in [1.807, 2.05) is 32.1 Å². The first-order chi connectivity index (χ1) is 11.3. The van der Waals surface area contributed by atoms with E-state index >= 15 is 0 Å². The smallest absolute Gasteiger partial charge is 0.339 e. The molecule has 130 valence electrons. The number of rotatable bonds is 6. The molecule has 0 saturated heterocycles. The van der Waals surface area contributed by atoms with Crippen molar-refractivity contribution in [2.24, 2.45) is 7.05 Å². The molecule has 24 heavy (non-hydrogen) atoms. The lowest BCUT2D eigenvalue weighted by atomic mass is 10.0. The van der Waals surface area contributed by atoms with E-state index in [0.717, 1.165) is 5.56 Å². The number of Topliss-reactive ketones (excluding diaryl/α,β-unsaturated/α-hetero) is 1. The average molecular weight is 332 g/mol. The van der Waals surface area contributed by atoms with Crippen molar-refractivity contribution in [3.8, 4) is 0 Å². The third kappa shape index (κ3) is 3.41. The van der Waals surface area contributed by atoms with Crippen molar-refractivity contribution >= 4 is 11.8 Å². The van der Waals surface area contributed by atoms with Crippen molar-refractivity contribution in [3.63, 3.8) is 0 Å². The molecule has 2 aromatic rings. The van der Waals surface area contributed by atoms with Crippen molar-refractivity contribution in [3.05, 3.63) is 40.5 Å². The number of ether oxygens (including phenoxy) is 1. The molecule has 0 radical (unpaired) electrons. The Hall–Kier alpha value is -2.41. The topological polar surface area (TPSA) is 80.2 Å². The highest BCUT2D eigenvalue weighted by atomic mass is 16.5. The van der Waals surface area contributed by atoms with E-state index in [4.69, 9.17) is 4.74 Å². The monoisotopic (exact) mass is 332 g/mol. The highest BCUT2D eigenvalue weighted by molar-refractivity contribution is 6.03. The summed E-state index contributed by atoms with van der Waals surface area (Å²) in [6, 6.07) is -0.340. The van der Waals surface area contributed by atoms with Gasteiger partial charge >= 0.3 is 5.97 Å². The van der Waals surface area contributed by atoms with Crippen LogP contribution in [0.2, 0.25) is 0 Å². The number of carbonyl (C=O) groups excluding carboxylic acids is 2. The number of likely N-dealkylation sites (N-methyl/N-ethyl adjacent to an activating group) is 1. The second kappa shape index (κ2) is 7.00. The lowest BCUT2D eigenvalue weighted by Crippen LogP contribution is -2.36. The molecule has 0 unspecified atom stereocenters. The van der Waals surface area contributed by atoms with Gasteiger partial charge in [0.15, 0.2) is 5.78 Å². The van der Waals surface area contributed by atoms with Gasteiger partial charge in [-0.05, 0) is 33.4 Å². The molecule has 0 aromatic carbocycles. The number of esters is 1. The molecule has 7 heteroatoms. The predicted octanol–water partition coefficient (Wildman–Crippen LogP) is 1.85. The molecule has 2 aromatic heterocycles. The standard InChI is InChI=1S/C17H24N4O3/c1-10-14(17(23)24-6)11(2)19-15(10)16(22)12(3)20(4)8-13-7-18-21(5)9-13/h7,9,12,19H,8H2,1-6H3/t12-/m1/s1. The first-order valence-corrected chi connectivity index (χ1v) is 7.75. The van der Waals surface area contributed by atoms with Gasteiger partial charge in [-0.1, -0.05) is 0 Å². The van der Waals surface area contributed by atoms with Crippen LogP contribution in [-0.4, -0.2) is 51.6 Å². The molecule has 0 bridgehead atoms. The molecule has 2 heterocycles. The maximum absolute atomic E-state index is 12.8. The van der Waals surface area contributed by atoms with Crippen LogP contribution in [0.3, 0.4) is 0 Å². The fraction of sp³-hybridized carbons (Fsp3) is 0.471. The van der Waals surface area contributed by atoms with Crippen molar-refractivity contribution in [2.45, 2.75) is 33.4 Å². The molecule has 1 N–H and O–H groups in total. The molecule has 0 amide bonds. The van der Waals surface area contributed by atoms with E-state index in [9.17, 15) is 9.59 Å². The molecule has 7 nitrogen and oxygen atoms in total. The summed E-state index contributed by atoms with van der Waals surface area (Å²) >= 11 is 0. The molecule has 0 spiro atoms. The number of H-pyrrole nitrogens is 1. The van der Waals surface area contributed by atoms with E-state index < -0.39 is 5.97 Å². The SMILES string of the molecule is COC(=O)c1c(C)[nH]c(C(=O)[C@@H](C)N(C)Cc2cnn(C)c2)c1C. The highest BCUT2D eigenvalue weighted by Gasteiger charge is 2.27. The molecular formula is C17H24N4O3. The van der Waals surface area contributed by atoms with Gasteiger partial charge < -0.3 is 9.72 Å². The van der Waals surface area contributed by atoms with Crippen LogP contribution in [-0.2, 0) is 18.3 Å². The van der Waals surface area contributed by atoms with Gasteiger partial charge in [0.1, 0.15) is 0 Å². The van der Waals surface area contributed by atoms with Gasteiger partial charge in [0.05, 0.1) is 30.6 Å². The highest BCUT2D eigenvalue weighted by Crippen LogP contribution is 2.21. The molecular weight excluding hydrogens is 308 g/mol. The maximum Gasteiger partial charge on any atom is 0.339 e. The molecule has 0 aliphatic rings. The fourth-order valence-corrected chi connectivity index (χ4v) is 2.79. The predicted molar refractivity (Wildman–Crippen MR) is 90.1 cm³/mol. The Morgan fingerprint density at radius 2 is 2.08 bits per heavy atom. The Kier molecular flexibility index (Phi) is 5.23. The molecule has 0 fully saturated rings. The number of carbonyl (C=O) groups is 2. The first kappa shape index (κ1) is 17.9. The van der Waals surface area contributed by atoms with Gasteiger partial charge in [0.2, 0.25) is 0 Å². The van der Waals surface area contributed by atoms with Gasteiger partial charge in [-0.25, -0.2) is 4.79 Å². The minimum absolute atomic E-state index is 0.0582. The Morgan fingerprint density at radius 1 is 1.42 bits per heavy atom. The van der Waals surface area contributed by atoms with Crippen molar-refractivity contribution in [2.75, 3.05) is 14.2 Å². The van der Waals surface area contributed by atoms with Gasteiger partial charge in [-0.3, -0.25) is 14.4 Å². The van der Waals surface area contributed by atoms with E-state index in [0.29, 0.717) is 29.1 Å². The van der Waals surface area contributed by atoms with Crippen molar-refractivity contribution in [1.29, 1.82) is 0 Å². The van der Waals surface area contributed by atoms with Gasteiger partial charge in [-0.2, -0.15) is 5.10 Å². The van der Waals surface area contributed by atoms with Crippen LogP contribution in [0.15, 0.2) is 12.4 Å². The lowest BCUT2D eigenvalue weighted by molar-refractivity contribution is 0.0599. The third-order valence-corrected chi connectivity index (χ3v) is 4.30. The number of aromatic nitrogens is 3. The zero-order valence-corrected chi connectivity index (χ0v) is 15.0. The zero-order valence-electron chi connectivity index (χ0n) is 15.0. The number of nitrogens with one attached hydrogen (secondary N) is 1. The number of aryl methyl sites for hydroxylation is 2. The average Bonchev–Trinajstić information content (AvgIpc) is 3.08. The van der Waals surface area contributed by atoms with Crippen LogP contribution in [0.25, 0.3) is 0 Å². The van der Waals surface area contributed by atoms with E-state index in [2.05, 4.69) is 10.1 Å². The summed E-state index contributed by atoms with van der Waals surface area (Å²) < 4.78 is 6.52. The molecule has 0 aliphatic carbocycles. The summed E-state index contributed by atoms with van der Waals surface area (Å²) in [5.74, 6) is -0.492. The second-order valence-corrected chi connectivity index (χ2v) is 6.09. The first-order valence-electron chi connectivity index (χ1n) is 7.75. The number of hydrogen-bond donors (Lipinski definition) is 1. The summed E-state index contributed by atoms with van der Waals surface area (Å²) in [5.41, 5.74) is 3.20. The van der Waals surface area contributed by atoms with Crippen LogP contribution in [0.5, 0.6) is 0 Å². The maximum atomic E-state index is 12.8. The summed E-state index contributed by atoms with van der Waals surface area (Å²) in [4.78, 5) is 29.7. The summed E-state index contributed by atoms with van der Waals surface area (Å²) in [6.45, 7) is 5.99. The van der Waals surface area contributed by atoms with Crippen LogP contribution in [0.4, 0.5) is 0 Å². The Balaban J connectivity index is 2.20. The number of ketones is 1. The Labute approximate surface area is 141 Å². The quantitative estimate of drug-likeness (QED) is 0.645. The lowest BCUT2D eigenvalue weighted by Gasteiger charge is -2.22. The van der Waals surface area contributed by atoms with Gasteiger partial charge in [0, 0.05) is 31.0 Å². The minimum atomic E-state index is -0.434. The number of methoxy groups -OCH3 is 1. The number of hydrogen-bond acceptors (Lipinski definition) is 5. The van der Waals surface area contributed by atoms with Crippen LogP contribution in [0.1, 0.15) is 44.6 Å². The van der Waals surface area contributed by atoms with Crippen LogP contribution in [0, 0.1) is 13.8 Å². The van der Waals surface area contributed by atoms with Gasteiger partial charge in [-0.15, -0.1) is 0 Å².